The first kappa shape index (κ1) is 18.4. The summed E-state index contributed by atoms with van der Waals surface area (Å²) in [5.74, 6) is 0. The third-order valence-corrected chi connectivity index (χ3v) is 9.94. The van der Waals surface area contributed by atoms with E-state index in [0.29, 0.717) is 11.2 Å². The molecule has 0 saturated carbocycles. The summed E-state index contributed by atoms with van der Waals surface area (Å²) >= 11 is 0. The van der Waals surface area contributed by atoms with E-state index in [1.807, 2.05) is 11.5 Å². The van der Waals surface area contributed by atoms with E-state index in [-0.39, 0.29) is 11.1 Å². The highest BCUT2D eigenvalue weighted by Crippen LogP contribution is 2.42. The first-order valence-electron chi connectivity index (χ1n) is 8.79. The number of rotatable bonds is 4. The van der Waals surface area contributed by atoms with E-state index in [2.05, 4.69) is 48.8 Å². The molecule has 0 unspecified atom stereocenters. The summed E-state index contributed by atoms with van der Waals surface area (Å²) < 4.78 is 14.6. The average Bonchev–Trinajstić information content (AvgIpc) is 3.08. The molecule has 1 aliphatic rings. The predicted molar refractivity (Wildman–Crippen MR) is 97.6 cm³/mol. The topological polar surface area (TPSA) is 82.3 Å². The number of aliphatic hydroxyl groups is 1. The molecule has 1 saturated heterocycles. The molecule has 0 aliphatic carbocycles. The predicted octanol–water partition coefficient (Wildman–Crippen LogP) is 2.89. The van der Waals surface area contributed by atoms with Crippen LogP contribution in [0.15, 0.2) is 18.9 Å². The normalized spacial score (nSPS) is 28.0. The van der Waals surface area contributed by atoms with E-state index in [1.54, 1.807) is 12.5 Å². The van der Waals surface area contributed by atoms with Crippen molar-refractivity contribution in [1.29, 1.82) is 0 Å². The van der Waals surface area contributed by atoms with Crippen molar-refractivity contribution in [2.24, 2.45) is 0 Å². The van der Waals surface area contributed by atoms with Crippen LogP contribution in [0.4, 0.5) is 0 Å². The number of fused-ring (bicyclic) bond motifs is 1. The van der Waals surface area contributed by atoms with Crippen LogP contribution >= 0.6 is 0 Å². The second-order valence-corrected chi connectivity index (χ2v) is 12.9. The maximum Gasteiger partial charge on any atom is 0.192 e. The highest BCUT2D eigenvalue weighted by atomic mass is 28.4. The number of nitrogens with zero attached hydrogens (tertiary/aromatic N) is 4. The first-order valence-corrected chi connectivity index (χ1v) is 11.7. The van der Waals surface area contributed by atoms with Crippen LogP contribution in [0, 0.1) is 0 Å². The maximum absolute atomic E-state index is 10.8. The molecule has 25 heavy (non-hydrogen) atoms. The molecule has 1 aliphatic heterocycles. The van der Waals surface area contributed by atoms with Crippen molar-refractivity contribution < 1.29 is 14.3 Å². The SMILES string of the molecule is CC[C@H]1O[C@@H](n2cnc3cncnc32)[C@H](O[Si](C)(C)C(C)(C)C)[C@@H]1O. The monoisotopic (exact) mass is 364 g/mol. The first-order chi connectivity index (χ1) is 11.7. The van der Waals surface area contributed by atoms with E-state index in [0.717, 1.165) is 6.42 Å². The molecule has 8 heteroatoms. The largest absolute Gasteiger partial charge is 0.407 e. The lowest BCUT2D eigenvalue weighted by Gasteiger charge is -2.40. The molecular weight excluding hydrogens is 336 g/mol. The molecule has 4 atom stereocenters. The lowest BCUT2D eigenvalue weighted by atomic mass is 10.1. The molecule has 2 aromatic heterocycles. The zero-order chi connectivity index (χ0) is 18.4. The Morgan fingerprint density at radius 2 is 2.04 bits per heavy atom. The van der Waals surface area contributed by atoms with Gasteiger partial charge in [0.05, 0.1) is 18.6 Å². The molecule has 3 rings (SSSR count). The van der Waals surface area contributed by atoms with Crippen molar-refractivity contribution in [3.8, 4) is 0 Å². The quantitative estimate of drug-likeness (QED) is 0.840. The van der Waals surface area contributed by atoms with Crippen LogP contribution < -0.4 is 0 Å². The van der Waals surface area contributed by atoms with Crippen LogP contribution in [-0.4, -0.2) is 51.3 Å². The van der Waals surface area contributed by atoms with Gasteiger partial charge in [-0.15, -0.1) is 0 Å². The molecule has 2 aromatic rings. The molecule has 0 bridgehead atoms. The summed E-state index contributed by atoms with van der Waals surface area (Å²) in [6.07, 6.45) is 3.74. The van der Waals surface area contributed by atoms with E-state index in [9.17, 15) is 5.11 Å². The fourth-order valence-electron chi connectivity index (χ4n) is 2.89. The van der Waals surface area contributed by atoms with Gasteiger partial charge in [0.15, 0.2) is 20.2 Å². The Bertz CT molecular complexity index is 743. The zero-order valence-corrected chi connectivity index (χ0v) is 16.8. The number of imidazole rings is 1. The Kier molecular flexibility index (Phi) is 4.74. The van der Waals surface area contributed by atoms with Crippen LogP contribution in [0.2, 0.25) is 18.1 Å². The van der Waals surface area contributed by atoms with Crippen molar-refractivity contribution >= 4 is 19.5 Å². The van der Waals surface area contributed by atoms with Crippen LogP contribution in [-0.2, 0) is 9.16 Å². The molecule has 0 aromatic carbocycles. The number of ether oxygens (including phenoxy) is 1. The Morgan fingerprint density at radius 3 is 2.68 bits per heavy atom. The van der Waals surface area contributed by atoms with Gasteiger partial charge in [0, 0.05) is 0 Å². The van der Waals surface area contributed by atoms with Crippen LogP contribution in [0.25, 0.3) is 11.2 Å². The Balaban J connectivity index is 1.98. The van der Waals surface area contributed by atoms with Gasteiger partial charge in [0.25, 0.3) is 0 Å². The van der Waals surface area contributed by atoms with Gasteiger partial charge in [0.1, 0.15) is 24.1 Å². The second-order valence-electron chi connectivity index (χ2n) is 8.19. The molecule has 1 N–H and O–H groups in total. The van der Waals surface area contributed by atoms with Gasteiger partial charge in [-0.2, -0.15) is 0 Å². The standard InChI is InChI=1S/C17H28N4O3Si/c1-7-12-13(22)14(24-25(5,6)17(2,3)4)16(23-12)21-10-20-11-8-18-9-19-15(11)21/h8-10,12-14,16,22H,7H2,1-6H3/t12-,13-,14-,16-/m1/s1. The van der Waals surface area contributed by atoms with E-state index in [4.69, 9.17) is 9.16 Å². The summed E-state index contributed by atoms with van der Waals surface area (Å²) in [6, 6.07) is 0. The molecular formula is C17H28N4O3Si. The average molecular weight is 365 g/mol. The summed E-state index contributed by atoms with van der Waals surface area (Å²) in [7, 11) is -2.08. The van der Waals surface area contributed by atoms with E-state index < -0.39 is 26.8 Å². The van der Waals surface area contributed by atoms with Crippen molar-refractivity contribution in [3.05, 3.63) is 18.9 Å². The minimum absolute atomic E-state index is 0.0424. The van der Waals surface area contributed by atoms with E-state index >= 15 is 0 Å². The van der Waals surface area contributed by atoms with Crippen LogP contribution in [0.3, 0.4) is 0 Å². The van der Waals surface area contributed by atoms with Crippen molar-refractivity contribution in [3.63, 3.8) is 0 Å². The smallest absolute Gasteiger partial charge is 0.192 e. The molecule has 0 radical (unpaired) electrons. The minimum Gasteiger partial charge on any atom is -0.407 e. The number of aliphatic hydroxyl groups excluding tert-OH is 1. The van der Waals surface area contributed by atoms with Crippen molar-refractivity contribution in [1.82, 2.24) is 19.5 Å². The van der Waals surface area contributed by atoms with Gasteiger partial charge >= 0.3 is 0 Å². The fraction of sp³-hybridized carbons (Fsp3) is 0.706. The second kappa shape index (κ2) is 6.42. The molecule has 1 fully saturated rings. The minimum atomic E-state index is -2.08. The van der Waals surface area contributed by atoms with Gasteiger partial charge in [0.2, 0.25) is 0 Å². The molecule has 3 heterocycles. The lowest BCUT2D eigenvalue weighted by Crippen LogP contribution is -2.48. The fourth-order valence-corrected chi connectivity index (χ4v) is 4.18. The van der Waals surface area contributed by atoms with Crippen molar-refractivity contribution in [2.45, 2.75) is 76.8 Å². The van der Waals surface area contributed by atoms with Gasteiger partial charge in [-0.25, -0.2) is 15.0 Å². The van der Waals surface area contributed by atoms with Gasteiger partial charge in [-0.05, 0) is 24.6 Å². The van der Waals surface area contributed by atoms with Crippen LogP contribution in [0.1, 0.15) is 40.3 Å². The summed E-state index contributed by atoms with van der Waals surface area (Å²) in [6.45, 7) is 12.9. The molecule has 138 valence electrons. The Morgan fingerprint density at radius 1 is 1.32 bits per heavy atom. The summed E-state index contributed by atoms with van der Waals surface area (Å²) in [4.78, 5) is 12.7. The lowest BCUT2D eigenvalue weighted by molar-refractivity contribution is -0.0325. The number of aromatic nitrogens is 4. The third-order valence-electron chi connectivity index (χ3n) is 5.46. The third kappa shape index (κ3) is 3.23. The number of hydrogen-bond acceptors (Lipinski definition) is 6. The zero-order valence-electron chi connectivity index (χ0n) is 15.8. The Hall–Kier alpha value is -1.35. The highest BCUT2D eigenvalue weighted by Gasteiger charge is 2.50. The van der Waals surface area contributed by atoms with Gasteiger partial charge in [-0.1, -0.05) is 27.7 Å². The molecule has 0 amide bonds. The molecule has 0 spiro atoms. The van der Waals surface area contributed by atoms with E-state index in [1.165, 1.54) is 6.33 Å². The number of hydrogen-bond donors (Lipinski definition) is 1. The van der Waals surface area contributed by atoms with Gasteiger partial charge in [-0.3, -0.25) is 4.57 Å². The van der Waals surface area contributed by atoms with Gasteiger partial charge < -0.3 is 14.3 Å². The maximum atomic E-state index is 10.8. The summed E-state index contributed by atoms with van der Waals surface area (Å²) in [5.41, 5.74) is 1.39. The Labute approximate surface area is 149 Å². The highest BCUT2D eigenvalue weighted by molar-refractivity contribution is 6.74. The molecule has 7 nitrogen and oxygen atoms in total. The van der Waals surface area contributed by atoms with Crippen molar-refractivity contribution in [2.75, 3.05) is 0 Å². The summed E-state index contributed by atoms with van der Waals surface area (Å²) in [5, 5.41) is 10.9. The van der Waals surface area contributed by atoms with Crippen LogP contribution in [0.5, 0.6) is 0 Å².